The van der Waals surface area contributed by atoms with E-state index in [1.165, 1.54) is 0 Å². The van der Waals surface area contributed by atoms with Crippen molar-refractivity contribution in [2.45, 2.75) is 19.1 Å². The van der Waals surface area contributed by atoms with Gasteiger partial charge in [0.1, 0.15) is 12.6 Å². The molecule has 2 aliphatic rings. The molecule has 1 aromatic carbocycles. The summed E-state index contributed by atoms with van der Waals surface area (Å²) >= 11 is 0. The van der Waals surface area contributed by atoms with Gasteiger partial charge in [0.2, 0.25) is 5.91 Å². The Bertz CT molecular complexity index is 937. The van der Waals surface area contributed by atoms with Gasteiger partial charge in [-0.05, 0) is 12.0 Å². The number of methoxy groups -OCH3 is 1. The average Bonchev–Trinajstić information content (AvgIpc) is 3.03. The minimum atomic E-state index is -0.677. The van der Waals surface area contributed by atoms with E-state index in [4.69, 9.17) is 28.4 Å². The minimum absolute atomic E-state index is 0.0766. The summed E-state index contributed by atoms with van der Waals surface area (Å²) in [6.45, 7) is 8.58. The molecule has 3 rings (SSSR count). The molecular formula is C31H47N3O8. The fourth-order valence-electron chi connectivity index (χ4n) is 4.58. The van der Waals surface area contributed by atoms with Crippen molar-refractivity contribution >= 4 is 12.0 Å². The molecule has 1 aromatic rings. The molecule has 1 aliphatic carbocycles. The number of nitrogens with zero attached hydrogens (tertiary/aromatic N) is 2. The molecule has 1 fully saturated rings. The number of hydrogen-bond donors (Lipinski definition) is 1. The van der Waals surface area contributed by atoms with E-state index in [0.29, 0.717) is 79.0 Å². The van der Waals surface area contributed by atoms with Gasteiger partial charge in [0, 0.05) is 45.8 Å². The molecule has 1 saturated heterocycles. The zero-order valence-electron chi connectivity index (χ0n) is 24.8. The van der Waals surface area contributed by atoms with Crippen molar-refractivity contribution in [1.82, 2.24) is 15.1 Å². The summed E-state index contributed by atoms with van der Waals surface area (Å²) in [5.74, 6) is -0.195. The van der Waals surface area contributed by atoms with Gasteiger partial charge in [-0.15, -0.1) is 0 Å². The number of benzene rings is 1. The van der Waals surface area contributed by atoms with Crippen LogP contribution in [0.5, 0.6) is 0 Å². The number of ether oxygens (including phenoxy) is 6. The second kappa shape index (κ2) is 21.0. The zero-order chi connectivity index (χ0) is 29.7. The smallest absolute Gasteiger partial charge is 0.408 e. The number of alkyl carbamates (subject to hydrolysis) is 1. The molecule has 0 saturated carbocycles. The van der Waals surface area contributed by atoms with Crippen LogP contribution in [0.15, 0.2) is 54.6 Å². The number of allylic oxidation sites excluding steroid dienone is 3. The third kappa shape index (κ3) is 13.5. The Hall–Kier alpha value is -2.80. The van der Waals surface area contributed by atoms with E-state index in [1.807, 2.05) is 59.5 Å². The van der Waals surface area contributed by atoms with Gasteiger partial charge in [0.05, 0.1) is 59.5 Å². The molecule has 0 bridgehead atoms. The summed E-state index contributed by atoms with van der Waals surface area (Å²) in [5.41, 5.74) is 0.893. The van der Waals surface area contributed by atoms with Crippen LogP contribution in [0.25, 0.3) is 0 Å². The second-order valence-electron chi connectivity index (χ2n) is 10.0. The van der Waals surface area contributed by atoms with Crippen molar-refractivity contribution in [3.63, 3.8) is 0 Å². The van der Waals surface area contributed by atoms with Crippen LogP contribution in [-0.2, 0) is 39.8 Å². The average molecular weight is 590 g/mol. The SMILES string of the molecule is COCCOCCOCCOCCOCCN1CCN(C(=O)[C@@H](NC(=O)OCc2ccccc2)C2C=CC=CC2)CC1. The lowest BCUT2D eigenvalue weighted by molar-refractivity contribution is -0.136. The Morgan fingerprint density at radius 3 is 2.05 bits per heavy atom. The van der Waals surface area contributed by atoms with E-state index >= 15 is 0 Å². The first-order chi connectivity index (χ1) is 20.7. The summed E-state index contributed by atoms with van der Waals surface area (Å²) in [6.07, 6.45) is 7.97. The predicted molar refractivity (Wildman–Crippen MR) is 158 cm³/mol. The number of rotatable bonds is 20. The summed E-state index contributed by atoms with van der Waals surface area (Å²) in [5, 5.41) is 2.85. The molecule has 11 nitrogen and oxygen atoms in total. The molecule has 0 aromatic heterocycles. The third-order valence-electron chi connectivity index (χ3n) is 6.98. The molecule has 42 heavy (non-hydrogen) atoms. The third-order valence-corrected chi connectivity index (χ3v) is 6.98. The van der Waals surface area contributed by atoms with Crippen LogP contribution in [0.3, 0.4) is 0 Å². The Morgan fingerprint density at radius 1 is 0.833 bits per heavy atom. The first-order valence-corrected chi connectivity index (χ1v) is 14.8. The molecule has 0 spiro atoms. The Morgan fingerprint density at radius 2 is 1.45 bits per heavy atom. The largest absolute Gasteiger partial charge is 0.445 e. The molecule has 2 amide bonds. The Kier molecular flexibility index (Phi) is 16.8. The maximum atomic E-state index is 13.5. The molecule has 11 heteroatoms. The molecule has 0 radical (unpaired) electrons. The van der Waals surface area contributed by atoms with Crippen molar-refractivity contribution in [2.75, 3.05) is 99.3 Å². The molecule has 1 aliphatic heterocycles. The fourth-order valence-corrected chi connectivity index (χ4v) is 4.58. The Balaban J connectivity index is 1.27. The van der Waals surface area contributed by atoms with Gasteiger partial charge in [0.15, 0.2) is 0 Å². The first kappa shape index (κ1) is 33.7. The van der Waals surface area contributed by atoms with Crippen LogP contribution in [0.1, 0.15) is 12.0 Å². The quantitative estimate of drug-likeness (QED) is 0.229. The molecular weight excluding hydrogens is 542 g/mol. The molecule has 1 unspecified atom stereocenters. The number of hydrogen-bond acceptors (Lipinski definition) is 9. The summed E-state index contributed by atoms with van der Waals surface area (Å²) in [7, 11) is 1.64. The van der Waals surface area contributed by atoms with Gasteiger partial charge < -0.3 is 38.6 Å². The summed E-state index contributed by atoms with van der Waals surface area (Å²) in [6, 6.07) is 8.81. The maximum Gasteiger partial charge on any atom is 0.408 e. The highest BCUT2D eigenvalue weighted by atomic mass is 16.6. The Labute approximate surface area is 249 Å². The monoisotopic (exact) mass is 589 g/mol. The predicted octanol–water partition coefficient (Wildman–Crippen LogP) is 2.27. The summed E-state index contributed by atoms with van der Waals surface area (Å²) in [4.78, 5) is 30.3. The van der Waals surface area contributed by atoms with Crippen molar-refractivity contribution in [3.8, 4) is 0 Å². The molecule has 2 atom stereocenters. The standard InChI is InChI=1S/C31H47N3O8/c1-37-18-19-39-22-23-41-25-24-40-21-20-38-17-16-33-12-14-34(15-13-33)30(35)29(28-10-6-3-7-11-28)32-31(36)42-26-27-8-4-2-5-9-27/h2-10,28-29H,11-26H2,1H3,(H,32,36)/t28?,29-/m0/s1. The molecule has 234 valence electrons. The minimum Gasteiger partial charge on any atom is -0.445 e. The van der Waals surface area contributed by atoms with E-state index in [1.54, 1.807) is 7.11 Å². The second-order valence-corrected chi connectivity index (χ2v) is 10.0. The van der Waals surface area contributed by atoms with Crippen LogP contribution in [-0.4, -0.2) is 127 Å². The number of carbonyl (C=O) groups excluding carboxylic acids is 2. The topological polar surface area (TPSA) is 108 Å². The van der Waals surface area contributed by atoms with E-state index in [0.717, 1.165) is 25.2 Å². The highest BCUT2D eigenvalue weighted by Crippen LogP contribution is 2.19. The highest BCUT2D eigenvalue weighted by Gasteiger charge is 2.33. The summed E-state index contributed by atoms with van der Waals surface area (Å²) < 4.78 is 32.3. The number of amides is 2. The van der Waals surface area contributed by atoms with Crippen molar-refractivity contribution < 1.29 is 38.0 Å². The lowest BCUT2D eigenvalue weighted by atomic mass is 9.91. The first-order valence-electron chi connectivity index (χ1n) is 14.8. The van der Waals surface area contributed by atoms with Gasteiger partial charge in [-0.1, -0.05) is 54.6 Å². The van der Waals surface area contributed by atoms with E-state index in [-0.39, 0.29) is 18.4 Å². The van der Waals surface area contributed by atoms with Crippen LogP contribution < -0.4 is 5.32 Å². The van der Waals surface area contributed by atoms with Crippen molar-refractivity contribution in [3.05, 3.63) is 60.2 Å². The van der Waals surface area contributed by atoms with Gasteiger partial charge in [0.25, 0.3) is 0 Å². The molecule has 1 heterocycles. The van der Waals surface area contributed by atoms with Crippen molar-refractivity contribution in [1.29, 1.82) is 0 Å². The van der Waals surface area contributed by atoms with Crippen LogP contribution >= 0.6 is 0 Å². The number of piperazine rings is 1. The van der Waals surface area contributed by atoms with Crippen molar-refractivity contribution in [2.24, 2.45) is 5.92 Å². The fraction of sp³-hybridized carbons (Fsp3) is 0.613. The molecule has 1 N–H and O–H groups in total. The van der Waals surface area contributed by atoms with Gasteiger partial charge in [-0.2, -0.15) is 0 Å². The van der Waals surface area contributed by atoms with Crippen LogP contribution in [0.2, 0.25) is 0 Å². The lowest BCUT2D eigenvalue weighted by Crippen LogP contribution is -2.57. The zero-order valence-corrected chi connectivity index (χ0v) is 24.8. The van der Waals surface area contributed by atoms with Gasteiger partial charge in [-0.3, -0.25) is 9.69 Å². The number of carbonyl (C=O) groups is 2. The maximum absolute atomic E-state index is 13.5. The number of nitrogens with one attached hydrogen (secondary N) is 1. The lowest BCUT2D eigenvalue weighted by Gasteiger charge is -2.37. The normalized spacial score (nSPS) is 17.7. The van der Waals surface area contributed by atoms with Gasteiger partial charge >= 0.3 is 6.09 Å². The highest BCUT2D eigenvalue weighted by molar-refractivity contribution is 5.86. The van der Waals surface area contributed by atoms with E-state index < -0.39 is 12.1 Å². The van der Waals surface area contributed by atoms with Gasteiger partial charge in [-0.25, -0.2) is 4.79 Å². The van der Waals surface area contributed by atoms with Crippen LogP contribution in [0, 0.1) is 5.92 Å². The van der Waals surface area contributed by atoms with E-state index in [9.17, 15) is 9.59 Å². The van der Waals surface area contributed by atoms with Crippen LogP contribution in [0.4, 0.5) is 4.79 Å². The van der Waals surface area contributed by atoms with E-state index in [2.05, 4.69) is 10.2 Å².